The second kappa shape index (κ2) is 5.02. The minimum absolute atomic E-state index is 0.113. The molecule has 0 saturated carbocycles. The topological polar surface area (TPSA) is 43.1 Å². The summed E-state index contributed by atoms with van der Waals surface area (Å²) in [6.45, 7) is 5.48. The molecular formula is C8H13NOS. The first-order valence-electron chi connectivity index (χ1n) is 3.38. The molecule has 0 rings (SSSR count). The molecule has 0 bridgehead atoms. The predicted octanol–water partition coefficient (Wildman–Crippen LogP) is 1.50. The fourth-order valence-electron chi connectivity index (χ4n) is 0.806. The van der Waals surface area contributed by atoms with E-state index in [0.29, 0.717) is 10.6 Å². The summed E-state index contributed by atoms with van der Waals surface area (Å²) < 4.78 is 0. The first-order chi connectivity index (χ1) is 5.13. The van der Waals surface area contributed by atoms with E-state index in [1.54, 1.807) is 6.08 Å². The van der Waals surface area contributed by atoms with Gasteiger partial charge >= 0.3 is 0 Å². The minimum atomic E-state index is 0.113. The van der Waals surface area contributed by atoms with Crippen LogP contribution < -0.4 is 5.73 Å². The Bertz CT molecular complexity index is 183. The normalized spacial score (nSPS) is 15.1. The molecule has 1 atom stereocenters. The summed E-state index contributed by atoms with van der Waals surface area (Å²) in [6, 6.07) is 0. The molecule has 0 aromatic carbocycles. The van der Waals surface area contributed by atoms with Gasteiger partial charge in [0.25, 0.3) is 0 Å². The van der Waals surface area contributed by atoms with Crippen molar-refractivity contribution in [1.29, 1.82) is 0 Å². The Kier molecular flexibility index (Phi) is 4.70. The van der Waals surface area contributed by atoms with Crippen LogP contribution in [0.3, 0.4) is 0 Å². The lowest BCUT2D eigenvalue weighted by Gasteiger charge is -2.08. The lowest BCUT2D eigenvalue weighted by Crippen LogP contribution is -2.06. The van der Waals surface area contributed by atoms with Crippen molar-refractivity contribution in [2.75, 3.05) is 0 Å². The molecule has 0 aromatic rings. The standard InChI is InChI=1S/C8H13NOS/c1-3-4-6(2)7(5-10)8(9)11/h3,5-6,11H,1,4,9H2,2H3/b8-7+. The van der Waals surface area contributed by atoms with Crippen LogP contribution in [0.2, 0.25) is 0 Å². The number of carbonyl (C=O) groups excluding carboxylic acids is 1. The van der Waals surface area contributed by atoms with E-state index in [9.17, 15) is 4.79 Å². The summed E-state index contributed by atoms with van der Waals surface area (Å²) in [5.74, 6) is 0.113. The number of carbonyl (C=O) groups is 1. The minimum Gasteiger partial charge on any atom is -0.393 e. The molecule has 2 N–H and O–H groups in total. The average Bonchev–Trinajstić information content (AvgIpc) is 1.88. The predicted molar refractivity (Wildman–Crippen MR) is 50.2 cm³/mol. The number of hydrogen-bond acceptors (Lipinski definition) is 3. The summed E-state index contributed by atoms with van der Waals surface area (Å²) in [4.78, 5) is 10.4. The molecule has 62 valence electrons. The van der Waals surface area contributed by atoms with Crippen molar-refractivity contribution in [1.82, 2.24) is 0 Å². The molecule has 0 aliphatic rings. The van der Waals surface area contributed by atoms with Crippen LogP contribution in [0, 0.1) is 5.92 Å². The SMILES string of the molecule is C=CCC(C)/C(C=O)=C(\N)S. The number of hydrogen-bond donors (Lipinski definition) is 2. The van der Waals surface area contributed by atoms with Gasteiger partial charge in [0.05, 0.1) is 5.03 Å². The van der Waals surface area contributed by atoms with Crippen LogP contribution in [0.4, 0.5) is 0 Å². The van der Waals surface area contributed by atoms with Gasteiger partial charge in [0.2, 0.25) is 0 Å². The van der Waals surface area contributed by atoms with Gasteiger partial charge in [0.1, 0.15) is 6.29 Å². The Balaban J connectivity index is 4.38. The Morgan fingerprint density at radius 2 is 2.36 bits per heavy atom. The number of aldehydes is 1. The maximum Gasteiger partial charge on any atom is 0.148 e. The molecule has 11 heavy (non-hydrogen) atoms. The van der Waals surface area contributed by atoms with E-state index < -0.39 is 0 Å². The molecule has 1 unspecified atom stereocenters. The van der Waals surface area contributed by atoms with E-state index in [-0.39, 0.29) is 5.92 Å². The van der Waals surface area contributed by atoms with Crippen LogP contribution in [0.25, 0.3) is 0 Å². The quantitative estimate of drug-likeness (QED) is 0.291. The van der Waals surface area contributed by atoms with Crippen molar-refractivity contribution in [3.8, 4) is 0 Å². The van der Waals surface area contributed by atoms with Crippen LogP contribution in [0.5, 0.6) is 0 Å². The Morgan fingerprint density at radius 3 is 2.64 bits per heavy atom. The lowest BCUT2D eigenvalue weighted by molar-refractivity contribution is -0.105. The first-order valence-corrected chi connectivity index (χ1v) is 3.82. The molecule has 0 amide bonds. The van der Waals surface area contributed by atoms with Gasteiger partial charge < -0.3 is 5.73 Å². The largest absolute Gasteiger partial charge is 0.393 e. The maximum absolute atomic E-state index is 10.4. The van der Waals surface area contributed by atoms with Crippen LogP contribution in [-0.2, 0) is 4.79 Å². The van der Waals surface area contributed by atoms with E-state index >= 15 is 0 Å². The van der Waals surface area contributed by atoms with E-state index in [4.69, 9.17) is 5.73 Å². The van der Waals surface area contributed by atoms with Crippen LogP contribution in [-0.4, -0.2) is 6.29 Å². The number of thiol groups is 1. The second-order valence-corrected chi connectivity index (χ2v) is 2.87. The fraction of sp³-hybridized carbons (Fsp3) is 0.375. The third kappa shape index (κ3) is 3.28. The molecule has 0 saturated heterocycles. The van der Waals surface area contributed by atoms with E-state index in [1.807, 2.05) is 6.92 Å². The van der Waals surface area contributed by atoms with Gasteiger partial charge in [-0.25, -0.2) is 0 Å². The lowest BCUT2D eigenvalue weighted by atomic mass is 10.00. The van der Waals surface area contributed by atoms with Crippen molar-refractivity contribution in [3.05, 3.63) is 23.3 Å². The van der Waals surface area contributed by atoms with Gasteiger partial charge in [-0.2, -0.15) is 0 Å². The molecule has 3 heteroatoms. The molecular weight excluding hydrogens is 158 g/mol. The smallest absolute Gasteiger partial charge is 0.148 e. The summed E-state index contributed by atoms with van der Waals surface area (Å²) in [5, 5.41) is 0.300. The number of rotatable bonds is 4. The van der Waals surface area contributed by atoms with Crippen molar-refractivity contribution in [2.24, 2.45) is 11.7 Å². The van der Waals surface area contributed by atoms with Crippen molar-refractivity contribution in [3.63, 3.8) is 0 Å². The molecule has 0 spiro atoms. The first kappa shape index (κ1) is 10.3. The Hall–Kier alpha value is -0.700. The van der Waals surface area contributed by atoms with Gasteiger partial charge in [-0.15, -0.1) is 19.2 Å². The van der Waals surface area contributed by atoms with Gasteiger partial charge in [-0.3, -0.25) is 4.79 Å². The zero-order valence-corrected chi connectivity index (χ0v) is 7.47. The third-order valence-electron chi connectivity index (χ3n) is 1.47. The second-order valence-electron chi connectivity index (χ2n) is 2.38. The van der Waals surface area contributed by atoms with Gasteiger partial charge in [-0.1, -0.05) is 13.0 Å². The zero-order chi connectivity index (χ0) is 8.85. The Labute approximate surface area is 72.6 Å². The van der Waals surface area contributed by atoms with Crippen LogP contribution >= 0.6 is 12.6 Å². The fourth-order valence-corrected chi connectivity index (χ4v) is 1.08. The average molecular weight is 171 g/mol. The summed E-state index contributed by atoms with van der Waals surface area (Å²) >= 11 is 3.90. The van der Waals surface area contributed by atoms with E-state index in [1.165, 1.54) is 0 Å². The summed E-state index contributed by atoms with van der Waals surface area (Å²) in [7, 11) is 0. The van der Waals surface area contributed by atoms with E-state index in [0.717, 1.165) is 12.7 Å². The zero-order valence-electron chi connectivity index (χ0n) is 6.58. The molecule has 0 aromatic heterocycles. The highest BCUT2D eigenvalue weighted by Gasteiger charge is 2.08. The van der Waals surface area contributed by atoms with Crippen molar-refractivity contribution >= 4 is 18.9 Å². The number of allylic oxidation sites excluding steroid dienone is 2. The number of nitrogens with two attached hydrogens (primary N) is 1. The molecule has 0 aliphatic carbocycles. The monoisotopic (exact) mass is 171 g/mol. The molecule has 0 fully saturated rings. The molecule has 0 radical (unpaired) electrons. The van der Waals surface area contributed by atoms with Crippen molar-refractivity contribution in [2.45, 2.75) is 13.3 Å². The Morgan fingerprint density at radius 1 is 1.82 bits per heavy atom. The highest BCUT2D eigenvalue weighted by Crippen LogP contribution is 2.16. The summed E-state index contributed by atoms with van der Waals surface area (Å²) in [5.41, 5.74) is 5.91. The summed E-state index contributed by atoms with van der Waals surface area (Å²) in [6.07, 6.45) is 3.25. The highest BCUT2D eigenvalue weighted by molar-refractivity contribution is 7.84. The van der Waals surface area contributed by atoms with Gasteiger partial charge in [-0.05, 0) is 12.3 Å². The van der Waals surface area contributed by atoms with Gasteiger partial charge in [0.15, 0.2) is 0 Å². The van der Waals surface area contributed by atoms with E-state index in [2.05, 4.69) is 19.2 Å². The molecule has 2 nitrogen and oxygen atoms in total. The molecule has 0 heterocycles. The van der Waals surface area contributed by atoms with Crippen LogP contribution in [0.15, 0.2) is 23.3 Å². The van der Waals surface area contributed by atoms with Crippen LogP contribution in [0.1, 0.15) is 13.3 Å². The molecule has 0 aliphatic heterocycles. The maximum atomic E-state index is 10.4. The highest BCUT2D eigenvalue weighted by atomic mass is 32.1. The van der Waals surface area contributed by atoms with Gasteiger partial charge in [0, 0.05) is 5.57 Å². The third-order valence-corrected chi connectivity index (χ3v) is 1.73. The van der Waals surface area contributed by atoms with Crippen molar-refractivity contribution < 1.29 is 4.79 Å².